The molecule has 0 unspecified atom stereocenters. The van der Waals surface area contributed by atoms with Crippen LogP contribution in [0.1, 0.15) is 37.0 Å². The SMILES string of the molecule is C[C@@H]1C[C@@H](C)CN(CCCNC(=O)c2ccncc2)C1. The zero-order valence-corrected chi connectivity index (χ0v) is 12.5. The largest absolute Gasteiger partial charge is 0.352 e. The molecule has 0 radical (unpaired) electrons. The molecule has 0 aromatic carbocycles. The first-order valence-electron chi connectivity index (χ1n) is 7.55. The Morgan fingerprint density at radius 3 is 2.60 bits per heavy atom. The van der Waals surface area contributed by atoms with Crippen molar-refractivity contribution < 1.29 is 4.79 Å². The Morgan fingerprint density at radius 1 is 1.30 bits per heavy atom. The van der Waals surface area contributed by atoms with Crippen molar-refractivity contribution in [2.45, 2.75) is 26.7 Å². The van der Waals surface area contributed by atoms with Crippen molar-refractivity contribution >= 4 is 5.91 Å². The third kappa shape index (κ3) is 4.60. The number of nitrogens with one attached hydrogen (secondary N) is 1. The predicted molar refractivity (Wildman–Crippen MR) is 80.6 cm³/mol. The molecule has 20 heavy (non-hydrogen) atoms. The fraction of sp³-hybridized carbons (Fsp3) is 0.625. The fourth-order valence-electron chi connectivity index (χ4n) is 3.08. The summed E-state index contributed by atoms with van der Waals surface area (Å²) in [5.74, 6) is 1.59. The molecule has 1 aliphatic rings. The summed E-state index contributed by atoms with van der Waals surface area (Å²) in [5.41, 5.74) is 0.681. The molecule has 110 valence electrons. The van der Waals surface area contributed by atoms with Gasteiger partial charge in [0, 0.05) is 37.6 Å². The van der Waals surface area contributed by atoms with Gasteiger partial charge in [-0.2, -0.15) is 0 Å². The van der Waals surface area contributed by atoms with E-state index < -0.39 is 0 Å². The minimum absolute atomic E-state index is 0.00668. The van der Waals surface area contributed by atoms with Gasteiger partial charge >= 0.3 is 0 Å². The zero-order chi connectivity index (χ0) is 14.4. The monoisotopic (exact) mass is 275 g/mol. The molecule has 2 rings (SSSR count). The van der Waals surface area contributed by atoms with Crippen molar-refractivity contribution in [2.75, 3.05) is 26.2 Å². The molecule has 4 heteroatoms. The zero-order valence-electron chi connectivity index (χ0n) is 12.5. The minimum Gasteiger partial charge on any atom is -0.352 e. The number of carbonyl (C=O) groups excluding carboxylic acids is 1. The average Bonchev–Trinajstić information content (AvgIpc) is 2.43. The Balaban J connectivity index is 1.65. The van der Waals surface area contributed by atoms with Crippen LogP contribution in [-0.2, 0) is 0 Å². The normalized spacial score (nSPS) is 23.5. The van der Waals surface area contributed by atoms with Crippen LogP contribution in [-0.4, -0.2) is 42.0 Å². The Hall–Kier alpha value is -1.42. The Bertz CT molecular complexity index is 411. The van der Waals surface area contributed by atoms with Crippen LogP contribution in [0.25, 0.3) is 0 Å². The second-order valence-corrected chi connectivity index (χ2v) is 6.05. The second-order valence-electron chi connectivity index (χ2n) is 6.05. The van der Waals surface area contributed by atoms with Gasteiger partial charge < -0.3 is 10.2 Å². The van der Waals surface area contributed by atoms with Gasteiger partial charge in [0.25, 0.3) is 5.91 Å². The topological polar surface area (TPSA) is 45.2 Å². The number of aromatic nitrogens is 1. The first-order valence-corrected chi connectivity index (χ1v) is 7.55. The molecule has 0 spiro atoms. The average molecular weight is 275 g/mol. The number of carbonyl (C=O) groups is 1. The molecule has 1 fully saturated rings. The number of hydrogen-bond acceptors (Lipinski definition) is 3. The van der Waals surface area contributed by atoms with E-state index in [0.29, 0.717) is 5.56 Å². The molecular weight excluding hydrogens is 250 g/mol. The smallest absolute Gasteiger partial charge is 0.251 e. The summed E-state index contributed by atoms with van der Waals surface area (Å²) in [6, 6.07) is 3.48. The maximum Gasteiger partial charge on any atom is 0.251 e. The van der Waals surface area contributed by atoms with Gasteiger partial charge in [0.15, 0.2) is 0 Å². The summed E-state index contributed by atoms with van der Waals surface area (Å²) >= 11 is 0. The van der Waals surface area contributed by atoms with Crippen LogP contribution in [0.5, 0.6) is 0 Å². The van der Waals surface area contributed by atoms with Crippen molar-refractivity contribution in [3.63, 3.8) is 0 Å². The highest BCUT2D eigenvalue weighted by molar-refractivity contribution is 5.93. The summed E-state index contributed by atoms with van der Waals surface area (Å²) in [4.78, 5) is 18.3. The number of rotatable bonds is 5. The van der Waals surface area contributed by atoms with E-state index in [0.717, 1.165) is 31.3 Å². The van der Waals surface area contributed by atoms with Crippen molar-refractivity contribution in [1.82, 2.24) is 15.2 Å². The molecule has 1 amide bonds. The van der Waals surface area contributed by atoms with Crippen molar-refractivity contribution in [2.24, 2.45) is 11.8 Å². The standard InChI is InChI=1S/C16H25N3O/c1-13-10-14(2)12-19(11-13)9-3-6-18-16(20)15-4-7-17-8-5-15/h4-5,7-8,13-14H,3,6,9-12H2,1-2H3,(H,18,20)/t13-,14-/m1/s1. The molecule has 1 aromatic heterocycles. The van der Waals surface area contributed by atoms with E-state index in [-0.39, 0.29) is 5.91 Å². The lowest BCUT2D eigenvalue weighted by Gasteiger charge is -2.34. The Morgan fingerprint density at radius 2 is 1.95 bits per heavy atom. The molecule has 1 aliphatic heterocycles. The van der Waals surface area contributed by atoms with E-state index in [9.17, 15) is 4.79 Å². The molecule has 1 aromatic rings. The van der Waals surface area contributed by atoms with Crippen LogP contribution in [0.2, 0.25) is 0 Å². The van der Waals surface area contributed by atoms with Crippen LogP contribution in [0.3, 0.4) is 0 Å². The van der Waals surface area contributed by atoms with Gasteiger partial charge in [-0.3, -0.25) is 9.78 Å². The van der Waals surface area contributed by atoms with Crippen LogP contribution >= 0.6 is 0 Å². The Kier molecular flexibility index (Phi) is 5.53. The van der Waals surface area contributed by atoms with Crippen molar-refractivity contribution in [1.29, 1.82) is 0 Å². The first-order chi connectivity index (χ1) is 9.65. The van der Waals surface area contributed by atoms with Gasteiger partial charge in [-0.1, -0.05) is 13.8 Å². The maximum atomic E-state index is 11.8. The van der Waals surface area contributed by atoms with Crippen LogP contribution in [0.4, 0.5) is 0 Å². The lowest BCUT2D eigenvalue weighted by molar-refractivity contribution is 0.0947. The summed E-state index contributed by atoms with van der Waals surface area (Å²) in [6.07, 6.45) is 5.64. The lowest BCUT2D eigenvalue weighted by atomic mass is 9.92. The minimum atomic E-state index is -0.00668. The van der Waals surface area contributed by atoms with E-state index in [1.54, 1.807) is 24.5 Å². The number of likely N-dealkylation sites (tertiary alicyclic amines) is 1. The highest BCUT2D eigenvalue weighted by Gasteiger charge is 2.20. The van der Waals surface area contributed by atoms with E-state index in [1.165, 1.54) is 19.5 Å². The molecule has 0 bridgehead atoms. The summed E-state index contributed by atoms with van der Waals surface area (Å²) in [6.45, 7) is 8.86. The third-order valence-electron chi connectivity index (χ3n) is 3.82. The summed E-state index contributed by atoms with van der Waals surface area (Å²) in [5, 5.41) is 2.97. The molecule has 2 atom stereocenters. The summed E-state index contributed by atoms with van der Waals surface area (Å²) in [7, 11) is 0. The second kappa shape index (κ2) is 7.39. The van der Waals surface area contributed by atoms with Gasteiger partial charge in [-0.25, -0.2) is 0 Å². The number of nitrogens with zero attached hydrogens (tertiary/aromatic N) is 2. The first kappa shape index (κ1) is 15.0. The van der Waals surface area contributed by atoms with E-state index in [4.69, 9.17) is 0 Å². The van der Waals surface area contributed by atoms with E-state index in [1.807, 2.05) is 0 Å². The molecule has 4 nitrogen and oxygen atoms in total. The van der Waals surface area contributed by atoms with Crippen molar-refractivity contribution in [3.8, 4) is 0 Å². The highest BCUT2D eigenvalue weighted by atomic mass is 16.1. The predicted octanol–water partition coefficient (Wildman–Crippen LogP) is 2.18. The van der Waals surface area contributed by atoms with Crippen LogP contribution < -0.4 is 5.32 Å². The number of hydrogen-bond donors (Lipinski definition) is 1. The molecule has 0 saturated carbocycles. The fourth-order valence-corrected chi connectivity index (χ4v) is 3.08. The highest BCUT2D eigenvalue weighted by Crippen LogP contribution is 2.20. The van der Waals surface area contributed by atoms with E-state index in [2.05, 4.69) is 29.0 Å². The maximum absolute atomic E-state index is 11.8. The number of piperidine rings is 1. The Labute approximate surface area is 121 Å². The molecule has 2 heterocycles. The van der Waals surface area contributed by atoms with Crippen molar-refractivity contribution in [3.05, 3.63) is 30.1 Å². The molecule has 0 aliphatic carbocycles. The van der Waals surface area contributed by atoms with Gasteiger partial charge in [0.2, 0.25) is 0 Å². The number of amides is 1. The lowest BCUT2D eigenvalue weighted by Crippen LogP contribution is -2.40. The summed E-state index contributed by atoms with van der Waals surface area (Å²) < 4.78 is 0. The number of pyridine rings is 1. The van der Waals surface area contributed by atoms with Crippen LogP contribution in [0, 0.1) is 11.8 Å². The van der Waals surface area contributed by atoms with Gasteiger partial charge in [-0.15, -0.1) is 0 Å². The molecular formula is C16H25N3O. The third-order valence-corrected chi connectivity index (χ3v) is 3.82. The van der Waals surface area contributed by atoms with Gasteiger partial charge in [0.1, 0.15) is 0 Å². The van der Waals surface area contributed by atoms with Crippen LogP contribution in [0.15, 0.2) is 24.5 Å². The van der Waals surface area contributed by atoms with Gasteiger partial charge in [-0.05, 0) is 43.4 Å². The molecule has 1 saturated heterocycles. The van der Waals surface area contributed by atoms with Gasteiger partial charge in [0.05, 0.1) is 0 Å². The quantitative estimate of drug-likeness (QED) is 0.838. The molecule has 1 N–H and O–H groups in total. The van der Waals surface area contributed by atoms with E-state index >= 15 is 0 Å².